The highest BCUT2D eigenvalue weighted by molar-refractivity contribution is 6.08. The Morgan fingerprint density at radius 2 is 1.94 bits per heavy atom. The van der Waals surface area contributed by atoms with Gasteiger partial charge in [-0.15, -0.1) is 0 Å². The van der Waals surface area contributed by atoms with Gasteiger partial charge in [-0.2, -0.15) is 0 Å². The highest BCUT2D eigenvalue weighted by atomic mass is 16.5. The maximum Gasteiger partial charge on any atom is 0.324 e. The monoisotopic (exact) mass is 428 g/mol. The first-order valence-electron chi connectivity index (χ1n) is 12.8. The average molecular weight is 429 g/mol. The van der Waals surface area contributed by atoms with Gasteiger partial charge in [-0.3, -0.25) is 9.59 Å². The van der Waals surface area contributed by atoms with Gasteiger partial charge < -0.3 is 4.74 Å². The summed E-state index contributed by atoms with van der Waals surface area (Å²) in [5.74, 6) is 1.89. The molecule has 0 radical (unpaired) electrons. The van der Waals surface area contributed by atoms with Gasteiger partial charge in [0.1, 0.15) is 11.5 Å². The predicted octanol–water partition coefficient (Wildman–Crippen LogP) is 7.06. The third-order valence-corrected chi connectivity index (χ3v) is 8.78. The molecule has 3 heteroatoms. The highest BCUT2D eigenvalue weighted by Crippen LogP contribution is 2.61. The fourth-order valence-electron chi connectivity index (χ4n) is 6.52. The quantitative estimate of drug-likeness (QED) is 0.212. The highest BCUT2D eigenvalue weighted by Gasteiger charge is 2.63. The van der Waals surface area contributed by atoms with Crippen LogP contribution in [0.25, 0.3) is 0 Å². The molecule has 1 fully saturated rings. The number of ether oxygens (including phenoxy) is 1. The molecule has 0 saturated heterocycles. The second kappa shape index (κ2) is 9.63. The minimum absolute atomic E-state index is 0.0449. The first-order valence-corrected chi connectivity index (χ1v) is 12.8. The molecule has 0 spiro atoms. The summed E-state index contributed by atoms with van der Waals surface area (Å²) < 4.78 is 5.80. The Balaban J connectivity index is 1.59. The van der Waals surface area contributed by atoms with Gasteiger partial charge in [-0.1, -0.05) is 72.5 Å². The lowest BCUT2D eigenvalue weighted by Gasteiger charge is -2.57. The zero-order valence-electron chi connectivity index (χ0n) is 20.7. The van der Waals surface area contributed by atoms with Crippen LogP contribution in [0.3, 0.4) is 0 Å². The number of hydrogen-bond donors (Lipinski definition) is 0. The van der Waals surface area contributed by atoms with Crippen LogP contribution in [0.4, 0.5) is 0 Å². The second-order valence-corrected chi connectivity index (χ2v) is 11.2. The lowest BCUT2D eigenvalue weighted by Crippen LogP contribution is -2.59. The van der Waals surface area contributed by atoms with Crippen molar-refractivity contribution in [2.24, 2.45) is 34.5 Å². The molecule has 2 bridgehead atoms. The molecule has 3 nitrogen and oxygen atoms in total. The molecule has 1 aliphatic heterocycles. The van der Waals surface area contributed by atoms with Crippen molar-refractivity contribution in [1.29, 1.82) is 0 Å². The minimum atomic E-state index is -1.05. The molecule has 3 rings (SSSR count). The van der Waals surface area contributed by atoms with E-state index in [1.807, 2.05) is 6.92 Å². The molecule has 2 aliphatic carbocycles. The number of hydrogen-bond acceptors (Lipinski definition) is 3. The van der Waals surface area contributed by atoms with Crippen LogP contribution in [-0.4, -0.2) is 17.9 Å². The summed E-state index contributed by atoms with van der Waals surface area (Å²) >= 11 is 0. The van der Waals surface area contributed by atoms with E-state index in [1.54, 1.807) is 0 Å². The number of Topliss-reactive ketones (excluding diaryl/α,β-unsaturated/α-hetero) is 1. The topological polar surface area (TPSA) is 43.4 Å². The molecule has 31 heavy (non-hydrogen) atoms. The summed E-state index contributed by atoms with van der Waals surface area (Å²) in [5.41, 5.74) is -0.0356. The first-order chi connectivity index (χ1) is 14.6. The molecule has 0 unspecified atom stereocenters. The maximum atomic E-state index is 12.8. The molecule has 174 valence electrons. The lowest BCUT2D eigenvalue weighted by molar-refractivity contribution is -0.175. The smallest absolute Gasteiger partial charge is 0.324 e. The summed E-state index contributed by atoms with van der Waals surface area (Å²) in [6.45, 7) is 13.3. The van der Waals surface area contributed by atoms with Crippen LogP contribution in [-0.2, 0) is 14.3 Å². The third-order valence-electron chi connectivity index (χ3n) is 8.78. The van der Waals surface area contributed by atoms with Crippen molar-refractivity contribution in [2.75, 3.05) is 0 Å². The van der Waals surface area contributed by atoms with Crippen molar-refractivity contribution in [2.45, 2.75) is 105 Å². The van der Waals surface area contributed by atoms with Crippen molar-refractivity contribution < 1.29 is 14.3 Å². The normalized spacial score (nSPS) is 36.8. The van der Waals surface area contributed by atoms with Crippen molar-refractivity contribution in [1.82, 2.24) is 0 Å². The SMILES string of the molecule is CCC/C=C/[C@@H](C)CCC[C@@H](C)CC[C@H]1[C@@H](C)[C@H]2C=C3[C@@](C)(C(=O)CC[C@@]31C)C(=O)O2. The van der Waals surface area contributed by atoms with Crippen LogP contribution >= 0.6 is 0 Å². The van der Waals surface area contributed by atoms with E-state index < -0.39 is 5.41 Å². The summed E-state index contributed by atoms with van der Waals surface area (Å²) in [4.78, 5) is 25.5. The third kappa shape index (κ3) is 4.57. The number of ketones is 1. The van der Waals surface area contributed by atoms with Crippen LogP contribution in [0.5, 0.6) is 0 Å². The van der Waals surface area contributed by atoms with E-state index in [1.165, 1.54) is 38.5 Å². The van der Waals surface area contributed by atoms with Crippen molar-refractivity contribution in [3.63, 3.8) is 0 Å². The molecule has 0 aromatic rings. The minimum Gasteiger partial charge on any atom is -0.457 e. The Morgan fingerprint density at radius 1 is 1.19 bits per heavy atom. The van der Waals surface area contributed by atoms with Crippen LogP contribution in [0.2, 0.25) is 0 Å². The Bertz CT molecular complexity index is 735. The van der Waals surface area contributed by atoms with Gasteiger partial charge in [0.05, 0.1) is 0 Å². The molecule has 1 heterocycles. The number of fused-ring (bicyclic) bond motifs is 1. The second-order valence-electron chi connectivity index (χ2n) is 11.2. The van der Waals surface area contributed by atoms with Gasteiger partial charge in [0.25, 0.3) is 0 Å². The molecule has 0 N–H and O–H groups in total. The number of carbonyl (C=O) groups is 2. The maximum absolute atomic E-state index is 12.8. The van der Waals surface area contributed by atoms with Crippen LogP contribution in [0, 0.1) is 34.5 Å². The number of rotatable bonds is 10. The zero-order valence-corrected chi connectivity index (χ0v) is 20.7. The summed E-state index contributed by atoms with van der Waals surface area (Å²) in [6.07, 6.45) is 16.7. The molecular formula is C28H44O3. The molecule has 1 saturated carbocycles. The average Bonchev–Trinajstić information content (AvgIpc) is 2.72. The van der Waals surface area contributed by atoms with Crippen LogP contribution in [0.1, 0.15) is 99.3 Å². The van der Waals surface area contributed by atoms with E-state index in [0.717, 1.165) is 18.4 Å². The van der Waals surface area contributed by atoms with Crippen LogP contribution < -0.4 is 0 Å². The van der Waals surface area contributed by atoms with E-state index in [-0.39, 0.29) is 23.3 Å². The predicted molar refractivity (Wildman–Crippen MR) is 127 cm³/mol. The Morgan fingerprint density at radius 3 is 2.65 bits per heavy atom. The standard InChI is InChI=1S/C28H44O3/c1-7-8-9-11-19(2)12-10-13-20(3)14-15-22-21(4)23-18-24-27(22,5)17-16-25(29)28(24,6)26(30)31-23/h9,11,18-23H,7-8,10,12-17H2,1-6H3/b11-9+/t19-,20-,21-,22+,23-,27-,28+/m1/s1. The van der Waals surface area contributed by atoms with Gasteiger partial charge in [-0.25, -0.2) is 0 Å². The van der Waals surface area contributed by atoms with E-state index in [4.69, 9.17) is 4.74 Å². The first kappa shape index (κ1) is 24.3. The van der Waals surface area contributed by atoms with Gasteiger partial charge in [0.2, 0.25) is 0 Å². The fraction of sp³-hybridized carbons (Fsp3) is 0.786. The van der Waals surface area contributed by atoms with E-state index in [2.05, 4.69) is 52.8 Å². The number of unbranched alkanes of at least 4 members (excludes halogenated alkanes) is 1. The number of esters is 1. The largest absolute Gasteiger partial charge is 0.457 e. The van der Waals surface area contributed by atoms with Crippen molar-refractivity contribution in [3.8, 4) is 0 Å². The molecule has 0 amide bonds. The number of allylic oxidation sites excluding steroid dienone is 2. The fourth-order valence-corrected chi connectivity index (χ4v) is 6.52. The Kier molecular flexibility index (Phi) is 7.54. The summed E-state index contributed by atoms with van der Waals surface area (Å²) in [5, 5.41) is 0. The zero-order chi connectivity index (χ0) is 22.8. The number of carbonyl (C=O) groups excluding carboxylic acids is 2. The summed E-state index contributed by atoms with van der Waals surface area (Å²) in [7, 11) is 0. The van der Waals surface area contributed by atoms with Gasteiger partial charge in [-0.05, 0) is 67.4 Å². The van der Waals surface area contributed by atoms with Crippen molar-refractivity contribution >= 4 is 11.8 Å². The Labute approximate surface area is 190 Å². The van der Waals surface area contributed by atoms with Gasteiger partial charge in [0.15, 0.2) is 5.78 Å². The Hall–Kier alpha value is -1.38. The van der Waals surface area contributed by atoms with E-state index in [9.17, 15) is 9.59 Å². The molecule has 0 aromatic heterocycles. The molecule has 0 aromatic carbocycles. The summed E-state index contributed by atoms with van der Waals surface area (Å²) in [6, 6.07) is 0. The van der Waals surface area contributed by atoms with E-state index >= 15 is 0 Å². The van der Waals surface area contributed by atoms with E-state index in [0.29, 0.717) is 30.1 Å². The van der Waals surface area contributed by atoms with Gasteiger partial charge >= 0.3 is 5.97 Å². The molecule has 3 aliphatic rings. The lowest BCUT2D eigenvalue weighted by atomic mass is 9.48. The molecule has 7 atom stereocenters. The van der Waals surface area contributed by atoms with Gasteiger partial charge in [0, 0.05) is 12.3 Å². The van der Waals surface area contributed by atoms with Crippen molar-refractivity contribution in [3.05, 3.63) is 23.8 Å². The van der Waals surface area contributed by atoms with Crippen LogP contribution in [0.15, 0.2) is 23.8 Å². The molecular weight excluding hydrogens is 384 g/mol.